The Bertz CT molecular complexity index is 1330. The highest BCUT2D eigenvalue weighted by Crippen LogP contribution is 2.24. The Morgan fingerprint density at radius 3 is 2.42 bits per heavy atom. The molecule has 0 atom stereocenters. The molecule has 2 heterocycles. The highest BCUT2D eigenvalue weighted by atomic mass is 35.5. The van der Waals surface area contributed by atoms with Crippen molar-refractivity contribution in [1.82, 2.24) is 19.4 Å². The second-order valence-corrected chi connectivity index (χ2v) is 9.46. The number of nitrogens with zero attached hydrogens (tertiary/aromatic N) is 3. The summed E-state index contributed by atoms with van der Waals surface area (Å²) < 4.78 is 8.23. The minimum atomic E-state index is -0.354. The first-order valence-electron chi connectivity index (χ1n) is 11.5. The second kappa shape index (κ2) is 11.2. The van der Waals surface area contributed by atoms with E-state index in [1.807, 2.05) is 20.8 Å². The van der Waals surface area contributed by atoms with Gasteiger partial charge in [-0.2, -0.15) is 0 Å². The Kier molecular flexibility index (Phi) is 8.53. The minimum absolute atomic E-state index is 0. The predicted molar refractivity (Wildman–Crippen MR) is 142 cm³/mol. The lowest BCUT2D eigenvalue weighted by atomic mass is 10.1. The molecule has 0 bridgehead atoms. The van der Waals surface area contributed by atoms with Gasteiger partial charge in [0, 0.05) is 30.2 Å². The quantitative estimate of drug-likeness (QED) is 0.518. The first kappa shape index (κ1) is 27.4. The molecule has 3 aromatic rings. The van der Waals surface area contributed by atoms with Gasteiger partial charge in [0.25, 0.3) is 11.8 Å². The highest BCUT2D eigenvalue weighted by molar-refractivity contribution is 6.31. The van der Waals surface area contributed by atoms with Crippen LogP contribution >= 0.6 is 24.0 Å². The maximum absolute atomic E-state index is 13.5. The molecule has 192 valence electrons. The molecule has 36 heavy (non-hydrogen) atoms. The smallest absolute Gasteiger partial charge is 0.333 e. The fraction of sp³-hybridized carbons (Fsp3) is 0.346. The molecule has 4 rings (SSSR count). The van der Waals surface area contributed by atoms with Crippen LogP contribution in [0.2, 0.25) is 5.02 Å². The van der Waals surface area contributed by atoms with Crippen molar-refractivity contribution in [2.24, 2.45) is 5.92 Å². The van der Waals surface area contributed by atoms with Gasteiger partial charge in [-0.15, -0.1) is 12.4 Å². The number of aryl methyl sites for hydroxylation is 1. The summed E-state index contributed by atoms with van der Waals surface area (Å²) in [6, 6.07) is 12.2. The summed E-state index contributed by atoms with van der Waals surface area (Å²) in [6.45, 7) is 7.10. The van der Waals surface area contributed by atoms with E-state index in [9.17, 15) is 14.4 Å². The van der Waals surface area contributed by atoms with Gasteiger partial charge in [-0.1, -0.05) is 31.5 Å². The largest absolute Gasteiger partial charge is 0.497 e. The molecule has 8 nitrogen and oxygen atoms in total. The van der Waals surface area contributed by atoms with E-state index in [2.05, 4.69) is 5.32 Å². The lowest BCUT2D eigenvalue weighted by molar-refractivity contribution is 0.0706. The number of amides is 2. The van der Waals surface area contributed by atoms with Crippen LogP contribution in [0.15, 0.2) is 47.3 Å². The van der Waals surface area contributed by atoms with Crippen molar-refractivity contribution in [3.05, 3.63) is 80.5 Å². The third-order valence-corrected chi connectivity index (χ3v) is 6.51. The van der Waals surface area contributed by atoms with E-state index in [0.717, 1.165) is 5.56 Å². The number of aromatic nitrogens is 2. The van der Waals surface area contributed by atoms with Crippen molar-refractivity contribution in [3.8, 4) is 11.4 Å². The monoisotopic (exact) mass is 532 g/mol. The molecule has 0 spiro atoms. The number of carbonyl (C=O) groups is 2. The zero-order valence-electron chi connectivity index (χ0n) is 20.7. The van der Waals surface area contributed by atoms with Crippen LogP contribution in [0, 0.1) is 12.8 Å². The van der Waals surface area contributed by atoms with Crippen LogP contribution in [-0.2, 0) is 13.1 Å². The van der Waals surface area contributed by atoms with Crippen molar-refractivity contribution in [3.63, 3.8) is 0 Å². The molecule has 2 amide bonds. The zero-order valence-corrected chi connectivity index (χ0v) is 22.3. The van der Waals surface area contributed by atoms with Crippen LogP contribution in [0.4, 0.5) is 0 Å². The Hall–Kier alpha value is -3.23. The summed E-state index contributed by atoms with van der Waals surface area (Å²) >= 11 is 6.24. The number of hydrogen-bond acceptors (Lipinski definition) is 4. The maximum atomic E-state index is 13.5. The molecular weight excluding hydrogens is 503 g/mol. The van der Waals surface area contributed by atoms with Crippen LogP contribution in [0.25, 0.3) is 5.69 Å². The van der Waals surface area contributed by atoms with Crippen molar-refractivity contribution in [1.29, 1.82) is 0 Å². The van der Waals surface area contributed by atoms with Gasteiger partial charge in [0.1, 0.15) is 11.4 Å². The van der Waals surface area contributed by atoms with E-state index >= 15 is 0 Å². The molecule has 0 radical (unpaired) electrons. The van der Waals surface area contributed by atoms with Crippen LogP contribution in [0.5, 0.6) is 5.75 Å². The average molecular weight is 533 g/mol. The minimum Gasteiger partial charge on any atom is -0.497 e. The van der Waals surface area contributed by atoms with Crippen molar-refractivity contribution in [2.45, 2.75) is 33.9 Å². The third-order valence-electron chi connectivity index (χ3n) is 6.10. The number of hydrogen-bond donors (Lipinski definition) is 1. The number of rotatable bonds is 6. The fourth-order valence-electron chi connectivity index (χ4n) is 4.13. The normalized spacial score (nSPS) is 12.7. The summed E-state index contributed by atoms with van der Waals surface area (Å²) in [5, 5.41) is 3.44. The van der Waals surface area contributed by atoms with Crippen molar-refractivity contribution in [2.75, 3.05) is 20.2 Å². The molecule has 10 heteroatoms. The van der Waals surface area contributed by atoms with Crippen molar-refractivity contribution >= 4 is 35.8 Å². The summed E-state index contributed by atoms with van der Waals surface area (Å²) in [6.07, 6.45) is 0. The van der Waals surface area contributed by atoms with E-state index < -0.39 is 0 Å². The fourth-order valence-corrected chi connectivity index (χ4v) is 4.31. The Morgan fingerprint density at radius 1 is 1.11 bits per heavy atom. The molecule has 0 fully saturated rings. The predicted octanol–water partition coefficient (Wildman–Crippen LogP) is 4.07. The SMILES string of the molecule is COc1ccc(-n2c(C(=O)NCC(C)C)c3n(c2=O)CCN(C(=O)c2ccc(C)c(Cl)c2)C3)cc1.Cl. The molecule has 1 N–H and O–H groups in total. The Balaban J connectivity index is 0.00000361. The standard InChI is InChI=1S/C26H29ClN4O4.ClH/c1-16(2)14-28-24(32)23-22-15-29(25(33)18-6-5-17(3)21(27)13-18)11-12-30(22)26(34)31(23)19-7-9-20(35-4)10-8-19;/h5-10,13,16H,11-12,14-15H2,1-4H3,(H,28,32);1H. The summed E-state index contributed by atoms with van der Waals surface area (Å²) in [5.41, 5.74) is 2.33. The highest BCUT2D eigenvalue weighted by Gasteiger charge is 2.32. The van der Waals surface area contributed by atoms with E-state index in [-0.39, 0.29) is 54.6 Å². The number of benzene rings is 2. The van der Waals surface area contributed by atoms with E-state index in [1.165, 1.54) is 4.57 Å². The van der Waals surface area contributed by atoms with E-state index in [4.69, 9.17) is 16.3 Å². The second-order valence-electron chi connectivity index (χ2n) is 9.06. The first-order chi connectivity index (χ1) is 16.7. The van der Waals surface area contributed by atoms with Gasteiger partial charge in [0.15, 0.2) is 0 Å². The van der Waals surface area contributed by atoms with E-state index in [1.54, 1.807) is 59.0 Å². The maximum Gasteiger partial charge on any atom is 0.333 e. The topological polar surface area (TPSA) is 85.6 Å². The molecule has 1 aromatic heterocycles. The summed E-state index contributed by atoms with van der Waals surface area (Å²) in [4.78, 5) is 41.7. The molecule has 0 saturated heterocycles. The van der Waals surface area contributed by atoms with Crippen LogP contribution < -0.4 is 15.7 Å². The number of ether oxygens (including phenoxy) is 1. The van der Waals surface area contributed by atoms with Crippen molar-refractivity contribution < 1.29 is 14.3 Å². The van der Waals surface area contributed by atoms with Gasteiger partial charge >= 0.3 is 5.69 Å². The molecule has 0 saturated carbocycles. The van der Waals surface area contributed by atoms with Crippen LogP contribution in [0.1, 0.15) is 46.0 Å². The lowest BCUT2D eigenvalue weighted by Crippen LogP contribution is -2.41. The number of methoxy groups -OCH3 is 1. The molecule has 0 aliphatic carbocycles. The number of halogens is 2. The Labute approximate surface area is 221 Å². The van der Waals surface area contributed by atoms with Gasteiger partial charge in [-0.3, -0.25) is 18.7 Å². The third kappa shape index (κ3) is 5.29. The van der Waals surface area contributed by atoms with Crippen LogP contribution in [-0.4, -0.2) is 46.0 Å². The zero-order chi connectivity index (χ0) is 25.3. The van der Waals surface area contributed by atoms with E-state index in [0.29, 0.717) is 40.8 Å². The molecule has 0 unspecified atom stereocenters. The molecule has 1 aliphatic heterocycles. The van der Waals surface area contributed by atoms with Gasteiger partial charge in [-0.05, 0) is 54.8 Å². The van der Waals surface area contributed by atoms with Gasteiger partial charge < -0.3 is 15.0 Å². The summed E-state index contributed by atoms with van der Waals surface area (Å²) in [7, 11) is 1.57. The first-order valence-corrected chi connectivity index (χ1v) is 11.9. The van der Waals surface area contributed by atoms with Gasteiger partial charge in [-0.25, -0.2) is 4.79 Å². The van der Waals surface area contributed by atoms with Crippen LogP contribution in [0.3, 0.4) is 0 Å². The number of imidazole rings is 1. The number of carbonyl (C=O) groups excluding carboxylic acids is 2. The molecule has 2 aromatic carbocycles. The Morgan fingerprint density at radius 2 is 1.81 bits per heavy atom. The molecule has 1 aliphatic rings. The number of fused-ring (bicyclic) bond motifs is 1. The number of nitrogens with one attached hydrogen (secondary N) is 1. The summed E-state index contributed by atoms with van der Waals surface area (Å²) in [5.74, 6) is 0.331. The molecular formula is C26H30Cl2N4O4. The average Bonchev–Trinajstić information content (AvgIpc) is 3.15. The van der Waals surface area contributed by atoms with Gasteiger partial charge in [0.05, 0.1) is 25.0 Å². The van der Waals surface area contributed by atoms with Gasteiger partial charge in [0.2, 0.25) is 0 Å². The lowest BCUT2D eigenvalue weighted by Gasteiger charge is -2.28.